The van der Waals surface area contributed by atoms with Gasteiger partial charge in [-0.05, 0) is 44.2 Å². The number of halogens is 1. The number of anilines is 1. The number of carbonyl (C=O) groups excluding carboxylic acids is 1. The summed E-state index contributed by atoms with van der Waals surface area (Å²) in [5.41, 5.74) is 3.29. The van der Waals surface area contributed by atoms with Gasteiger partial charge in [-0.15, -0.1) is 11.3 Å². The topological polar surface area (TPSA) is 77.2 Å². The Morgan fingerprint density at radius 3 is 2.84 bits per heavy atom. The van der Waals surface area contributed by atoms with Gasteiger partial charge in [0.1, 0.15) is 16.6 Å². The maximum Gasteiger partial charge on any atom is 0.268 e. The predicted molar refractivity (Wildman–Crippen MR) is 128 cm³/mol. The average Bonchev–Trinajstić information content (AvgIpc) is 3.43. The molecule has 0 saturated carbocycles. The summed E-state index contributed by atoms with van der Waals surface area (Å²) in [6, 6.07) is 17.0. The van der Waals surface area contributed by atoms with Gasteiger partial charge in [-0.2, -0.15) is 0 Å². The lowest BCUT2D eigenvalue weighted by molar-refractivity contribution is 0.102. The van der Waals surface area contributed by atoms with Crippen molar-refractivity contribution in [1.29, 1.82) is 0 Å². The summed E-state index contributed by atoms with van der Waals surface area (Å²) in [5.74, 6) is 0.651. The highest BCUT2D eigenvalue weighted by Gasteiger charge is 2.18. The monoisotopic (exact) mass is 463 g/mol. The summed E-state index contributed by atoms with van der Waals surface area (Å²) in [4.78, 5) is 17.9. The molecule has 3 heterocycles. The zero-order valence-electron chi connectivity index (χ0n) is 17.3. The Morgan fingerprint density at radius 1 is 1.16 bits per heavy atom. The van der Waals surface area contributed by atoms with Gasteiger partial charge < -0.3 is 9.26 Å². The van der Waals surface area contributed by atoms with E-state index in [0.29, 0.717) is 28.1 Å². The molecule has 0 spiro atoms. The van der Waals surface area contributed by atoms with Crippen molar-refractivity contribution in [3.05, 3.63) is 70.2 Å². The smallest absolute Gasteiger partial charge is 0.268 e. The molecule has 5 rings (SSSR count). The molecule has 0 aliphatic rings. The first-order valence-electron chi connectivity index (χ1n) is 10.0. The lowest BCUT2D eigenvalue weighted by Gasteiger charge is -2.06. The number of hydrogen-bond donors (Lipinski definition) is 1. The SMILES string of the molecule is CCOc1ccccc1-c1cc(NC(=O)c2cc3c(Cl)nc4ccc(C)cc4c3s2)on1. The second-order valence-electron chi connectivity index (χ2n) is 7.24. The molecule has 0 aliphatic heterocycles. The van der Waals surface area contributed by atoms with Gasteiger partial charge in [0.15, 0.2) is 0 Å². The summed E-state index contributed by atoms with van der Waals surface area (Å²) in [5, 5.41) is 8.97. The van der Waals surface area contributed by atoms with Crippen molar-refractivity contribution in [2.75, 3.05) is 11.9 Å². The van der Waals surface area contributed by atoms with Gasteiger partial charge in [0.25, 0.3) is 5.91 Å². The highest BCUT2D eigenvalue weighted by atomic mass is 35.5. The third kappa shape index (κ3) is 3.70. The Morgan fingerprint density at radius 2 is 2.00 bits per heavy atom. The number of para-hydroxylation sites is 1. The van der Waals surface area contributed by atoms with E-state index in [1.54, 1.807) is 12.1 Å². The van der Waals surface area contributed by atoms with Crippen LogP contribution in [0.3, 0.4) is 0 Å². The van der Waals surface area contributed by atoms with Gasteiger partial charge in [-0.25, -0.2) is 4.98 Å². The molecule has 1 amide bonds. The number of amides is 1. The molecule has 0 saturated heterocycles. The number of pyridine rings is 1. The summed E-state index contributed by atoms with van der Waals surface area (Å²) in [6.07, 6.45) is 0. The molecule has 0 unspecified atom stereocenters. The van der Waals surface area contributed by atoms with Crippen molar-refractivity contribution in [3.63, 3.8) is 0 Å². The number of nitrogens with zero attached hydrogens (tertiary/aromatic N) is 2. The minimum atomic E-state index is -0.302. The molecule has 0 bridgehead atoms. The maximum absolute atomic E-state index is 12.9. The van der Waals surface area contributed by atoms with E-state index >= 15 is 0 Å². The van der Waals surface area contributed by atoms with E-state index in [0.717, 1.165) is 32.1 Å². The molecule has 0 aliphatic carbocycles. The molecular formula is C24H18ClN3O3S. The van der Waals surface area contributed by atoms with E-state index in [-0.39, 0.29) is 11.8 Å². The van der Waals surface area contributed by atoms with Gasteiger partial charge in [0, 0.05) is 27.1 Å². The van der Waals surface area contributed by atoms with Gasteiger partial charge in [-0.3, -0.25) is 10.1 Å². The number of fused-ring (bicyclic) bond motifs is 3. The lowest BCUT2D eigenvalue weighted by atomic mass is 10.1. The Labute approximate surface area is 192 Å². The first-order chi connectivity index (χ1) is 15.5. The third-order valence-corrected chi connectivity index (χ3v) is 6.46. The van der Waals surface area contributed by atoms with Crippen LogP contribution in [-0.4, -0.2) is 22.7 Å². The van der Waals surface area contributed by atoms with E-state index in [1.807, 2.05) is 50.2 Å². The minimum Gasteiger partial charge on any atom is -0.493 e. The van der Waals surface area contributed by atoms with E-state index in [4.69, 9.17) is 20.9 Å². The molecule has 5 aromatic rings. The summed E-state index contributed by atoms with van der Waals surface area (Å²) >= 11 is 7.76. The van der Waals surface area contributed by atoms with Crippen molar-refractivity contribution in [1.82, 2.24) is 10.1 Å². The van der Waals surface area contributed by atoms with Crippen molar-refractivity contribution >= 4 is 55.7 Å². The second-order valence-corrected chi connectivity index (χ2v) is 8.65. The van der Waals surface area contributed by atoms with Crippen LogP contribution in [0, 0.1) is 6.92 Å². The maximum atomic E-state index is 12.9. The average molecular weight is 464 g/mol. The van der Waals surface area contributed by atoms with Crippen LogP contribution in [0.4, 0.5) is 5.88 Å². The fourth-order valence-corrected chi connectivity index (χ4v) is 4.92. The van der Waals surface area contributed by atoms with E-state index in [1.165, 1.54) is 11.3 Å². The number of thiophene rings is 1. The van der Waals surface area contributed by atoms with Crippen LogP contribution in [0.1, 0.15) is 22.2 Å². The molecular weight excluding hydrogens is 446 g/mol. The molecule has 6 nitrogen and oxygen atoms in total. The standard InChI is InChI=1S/C24H18ClN3O3S/c1-3-30-19-7-5-4-6-14(19)18-12-21(31-28-18)27-24(29)20-11-16-22(32-20)15-10-13(2)8-9-17(15)26-23(16)25/h4-12H,3H2,1-2H3,(H,27,29). The van der Waals surface area contributed by atoms with Gasteiger partial charge in [0.2, 0.25) is 5.88 Å². The van der Waals surface area contributed by atoms with Crippen LogP contribution in [0.15, 0.2) is 59.1 Å². The van der Waals surface area contributed by atoms with Crippen molar-refractivity contribution in [2.24, 2.45) is 0 Å². The van der Waals surface area contributed by atoms with Crippen LogP contribution in [0.2, 0.25) is 5.15 Å². The van der Waals surface area contributed by atoms with Crippen LogP contribution in [0.25, 0.3) is 32.2 Å². The van der Waals surface area contributed by atoms with E-state index in [9.17, 15) is 4.79 Å². The first-order valence-corrected chi connectivity index (χ1v) is 11.2. The van der Waals surface area contributed by atoms with E-state index < -0.39 is 0 Å². The van der Waals surface area contributed by atoms with Crippen molar-refractivity contribution < 1.29 is 14.1 Å². The van der Waals surface area contributed by atoms with Crippen molar-refractivity contribution in [3.8, 4) is 17.0 Å². The fraction of sp³-hybridized carbons (Fsp3) is 0.125. The molecule has 0 fully saturated rings. The van der Waals surface area contributed by atoms with Crippen LogP contribution < -0.4 is 10.1 Å². The number of rotatable bonds is 5. The van der Waals surface area contributed by atoms with E-state index in [2.05, 4.69) is 21.5 Å². The summed E-state index contributed by atoms with van der Waals surface area (Å²) in [6.45, 7) is 4.48. The first kappa shape index (κ1) is 20.5. The highest BCUT2D eigenvalue weighted by Crippen LogP contribution is 2.37. The second kappa shape index (κ2) is 8.26. The highest BCUT2D eigenvalue weighted by molar-refractivity contribution is 7.22. The van der Waals surface area contributed by atoms with Gasteiger partial charge in [0.05, 0.1) is 17.0 Å². The normalized spacial score (nSPS) is 11.2. The Bertz CT molecular complexity index is 1470. The lowest BCUT2D eigenvalue weighted by Crippen LogP contribution is -2.09. The molecule has 160 valence electrons. The minimum absolute atomic E-state index is 0.249. The van der Waals surface area contributed by atoms with Crippen LogP contribution >= 0.6 is 22.9 Å². The number of benzene rings is 2. The number of carbonyl (C=O) groups is 1. The predicted octanol–water partition coefficient (Wildman–Crippen LogP) is 6.72. The Hall–Kier alpha value is -3.42. The molecule has 1 N–H and O–H groups in total. The number of nitrogens with one attached hydrogen (secondary N) is 1. The number of aromatic nitrogens is 2. The Kier molecular flexibility index (Phi) is 5.28. The molecule has 2 aromatic carbocycles. The molecule has 8 heteroatoms. The zero-order chi connectivity index (χ0) is 22.2. The zero-order valence-corrected chi connectivity index (χ0v) is 18.9. The third-order valence-electron chi connectivity index (χ3n) is 5.00. The van der Waals surface area contributed by atoms with Gasteiger partial charge in [-0.1, -0.05) is 40.5 Å². The summed E-state index contributed by atoms with van der Waals surface area (Å²) < 4.78 is 11.9. The molecule has 3 aromatic heterocycles. The van der Waals surface area contributed by atoms with Crippen molar-refractivity contribution in [2.45, 2.75) is 13.8 Å². The Balaban J connectivity index is 1.46. The summed E-state index contributed by atoms with van der Waals surface area (Å²) in [7, 11) is 0. The van der Waals surface area contributed by atoms with Gasteiger partial charge >= 0.3 is 0 Å². The van der Waals surface area contributed by atoms with Crippen LogP contribution in [-0.2, 0) is 0 Å². The number of ether oxygens (including phenoxy) is 1. The van der Waals surface area contributed by atoms with Crippen LogP contribution in [0.5, 0.6) is 5.75 Å². The fourth-order valence-electron chi connectivity index (χ4n) is 3.55. The quantitative estimate of drug-likeness (QED) is 0.293. The molecule has 32 heavy (non-hydrogen) atoms. The number of hydrogen-bond acceptors (Lipinski definition) is 6. The number of aryl methyl sites for hydroxylation is 1. The molecule has 0 atom stereocenters. The largest absolute Gasteiger partial charge is 0.493 e. The molecule has 0 radical (unpaired) electrons.